The number of esters is 2. The van der Waals surface area contributed by atoms with E-state index in [1.165, 1.54) is 276 Å². The van der Waals surface area contributed by atoms with E-state index in [2.05, 4.69) is 111 Å². The van der Waals surface area contributed by atoms with E-state index in [-0.39, 0.29) is 25.6 Å². The van der Waals surface area contributed by atoms with Gasteiger partial charge in [0.25, 0.3) is 0 Å². The van der Waals surface area contributed by atoms with Crippen molar-refractivity contribution in [2.75, 3.05) is 47.5 Å². The Balaban J connectivity index is 3.94. The number of phosphoric acid groups is 1. The second-order valence-corrected chi connectivity index (χ2v) is 30.9. The molecule has 0 aliphatic carbocycles. The predicted molar refractivity (Wildman–Crippen MR) is 427 cm³/mol. The monoisotopic (exact) mass is 1390 g/mol. The van der Waals surface area contributed by atoms with Gasteiger partial charge in [-0.2, -0.15) is 0 Å². The van der Waals surface area contributed by atoms with Gasteiger partial charge in [-0.05, 0) is 77.0 Å². The molecule has 2 unspecified atom stereocenters. The third-order valence-corrected chi connectivity index (χ3v) is 19.6. The Morgan fingerprint density at radius 3 is 0.867 bits per heavy atom. The normalized spacial score (nSPS) is 13.5. The molecule has 10 heteroatoms. The Bertz CT molecular complexity index is 1980. The first-order chi connectivity index (χ1) is 48.0. The van der Waals surface area contributed by atoms with Gasteiger partial charge in [0.05, 0.1) is 27.7 Å². The van der Waals surface area contributed by atoms with Crippen LogP contribution >= 0.6 is 7.82 Å². The van der Waals surface area contributed by atoms with Crippen LogP contribution < -0.4 is 0 Å². The molecule has 0 amide bonds. The van der Waals surface area contributed by atoms with Crippen molar-refractivity contribution in [3.8, 4) is 0 Å². The number of hydrogen-bond donors (Lipinski definition) is 1. The predicted octanol–water partition coefficient (Wildman–Crippen LogP) is 28.2. The first kappa shape index (κ1) is 94.9. The first-order valence-electron chi connectivity index (χ1n) is 42.0. The third-order valence-electron chi connectivity index (χ3n) is 18.6. The van der Waals surface area contributed by atoms with Crippen LogP contribution in [0.1, 0.15) is 399 Å². The minimum absolute atomic E-state index is 0.0310. The van der Waals surface area contributed by atoms with Gasteiger partial charge in [-0.25, -0.2) is 4.57 Å². The highest BCUT2D eigenvalue weighted by molar-refractivity contribution is 7.47. The van der Waals surface area contributed by atoms with E-state index in [4.69, 9.17) is 18.5 Å². The van der Waals surface area contributed by atoms with Crippen molar-refractivity contribution in [3.05, 3.63) is 97.2 Å². The fraction of sp³-hybridized carbons (Fsp3) is 0.795. The second kappa shape index (κ2) is 78.1. The molecule has 0 aliphatic rings. The summed E-state index contributed by atoms with van der Waals surface area (Å²) in [4.78, 5) is 36.0. The summed E-state index contributed by atoms with van der Waals surface area (Å²) < 4.78 is 34.9. The molecule has 0 bridgehead atoms. The number of allylic oxidation sites excluding steroid dienone is 16. The van der Waals surface area contributed by atoms with Crippen LogP contribution in [0.2, 0.25) is 0 Å². The summed E-state index contributed by atoms with van der Waals surface area (Å²) in [5.74, 6) is -0.781. The van der Waals surface area contributed by atoms with Gasteiger partial charge in [-0.15, -0.1) is 0 Å². The van der Waals surface area contributed by atoms with Crippen molar-refractivity contribution in [1.82, 2.24) is 0 Å². The van der Waals surface area contributed by atoms with E-state index in [9.17, 15) is 19.0 Å². The van der Waals surface area contributed by atoms with Crippen LogP contribution in [0.25, 0.3) is 0 Å². The molecule has 0 saturated heterocycles. The van der Waals surface area contributed by atoms with Gasteiger partial charge in [-0.1, -0.05) is 406 Å². The lowest BCUT2D eigenvalue weighted by Gasteiger charge is -2.24. The zero-order chi connectivity index (χ0) is 71.1. The van der Waals surface area contributed by atoms with Gasteiger partial charge in [0.15, 0.2) is 6.10 Å². The Labute approximate surface area is 608 Å². The van der Waals surface area contributed by atoms with Crippen LogP contribution in [0.4, 0.5) is 0 Å². The number of unbranched alkanes of at least 4 members (excludes halogenated alkanes) is 48. The highest BCUT2D eigenvalue weighted by atomic mass is 31.2. The molecule has 98 heavy (non-hydrogen) atoms. The summed E-state index contributed by atoms with van der Waals surface area (Å²) in [6.45, 7) is 4.38. The van der Waals surface area contributed by atoms with Crippen molar-refractivity contribution in [2.45, 2.75) is 405 Å². The molecule has 570 valence electrons. The van der Waals surface area contributed by atoms with E-state index >= 15 is 0 Å². The fourth-order valence-electron chi connectivity index (χ4n) is 12.3. The van der Waals surface area contributed by atoms with E-state index in [0.717, 1.165) is 89.9 Å². The molecule has 0 aliphatic heterocycles. The van der Waals surface area contributed by atoms with Crippen molar-refractivity contribution in [2.24, 2.45) is 0 Å². The lowest BCUT2D eigenvalue weighted by molar-refractivity contribution is -0.870. The number of carbonyl (C=O) groups excluding carboxylic acids is 2. The van der Waals surface area contributed by atoms with Crippen molar-refractivity contribution >= 4 is 19.8 Å². The number of likely N-dealkylation sites (N-methyl/N-ethyl adjacent to an activating group) is 1. The molecule has 0 aromatic carbocycles. The molecule has 0 aromatic heterocycles. The molecule has 0 saturated carbocycles. The Hall–Kier alpha value is -3.07. The van der Waals surface area contributed by atoms with Gasteiger partial charge in [0.1, 0.15) is 19.8 Å². The quantitative estimate of drug-likeness (QED) is 0.0211. The van der Waals surface area contributed by atoms with E-state index < -0.39 is 26.5 Å². The Morgan fingerprint density at radius 2 is 0.582 bits per heavy atom. The maximum Gasteiger partial charge on any atom is 0.472 e. The van der Waals surface area contributed by atoms with Gasteiger partial charge in [-0.3, -0.25) is 18.6 Å². The molecular weight excluding hydrogens is 1230 g/mol. The minimum Gasteiger partial charge on any atom is -0.462 e. The molecule has 0 spiro atoms. The van der Waals surface area contributed by atoms with Crippen molar-refractivity contribution in [3.63, 3.8) is 0 Å². The van der Waals surface area contributed by atoms with Gasteiger partial charge < -0.3 is 18.9 Å². The van der Waals surface area contributed by atoms with Gasteiger partial charge in [0, 0.05) is 12.8 Å². The number of carbonyl (C=O) groups is 2. The molecule has 9 nitrogen and oxygen atoms in total. The smallest absolute Gasteiger partial charge is 0.462 e. The van der Waals surface area contributed by atoms with Gasteiger partial charge >= 0.3 is 19.8 Å². The molecule has 1 N–H and O–H groups in total. The number of hydrogen-bond acceptors (Lipinski definition) is 7. The fourth-order valence-corrected chi connectivity index (χ4v) is 13.0. The van der Waals surface area contributed by atoms with Crippen molar-refractivity contribution < 1.29 is 42.1 Å². The maximum absolute atomic E-state index is 12.9. The summed E-state index contributed by atoms with van der Waals surface area (Å²) in [5.41, 5.74) is 0. The van der Waals surface area contributed by atoms with Crippen LogP contribution in [0, 0.1) is 0 Å². The topological polar surface area (TPSA) is 108 Å². The standard InChI is InChI=1S/C88H160NO8P/c1-6-8-10-12-14-16-18-20-22-24-26-28-30-32-34-36-38-40-42-43-44-45-47-49-51-53-55-57-59-61-63-65-67-69-71-73-75-77-79-81-88(91)97-86(85-96-98(92,93)95-83-82-89(3,4)5)84-94-87(90)80-78-76-74-72-70-68-66-64-62-60-58-56-54-52-50-48-46-41-39-37-35-33-31-29-27-25-23-21-19-17-15-13-11-9-7-2/h8,10,14,16,20,22,26,28,32,34,38,40,43-44,47,49,86H,6-7,9,11-13,15,17-19,21,23-25,27,29-31,33,35-37,39,41-42,45-46,48,50-85H2,1-5H3/p+1/b10-8-,16-14-,22-20-,28-26-,34-32-,40-38-,44-43-,49-47-. The first-order valence-corrected chi connectivity index (χ1v) is 43.5. The number of quaternary nitrogens is 1. The molecule has 0 radical (unpaired) electrons. The molecular formula is C88H161NO8P+. The Morgan fingerprint density at radius 1 is 0.327 bits per heavy atom. The molecule has 0 aromatic rings. The average molecular weight is 1390 g/mol. The SMILES string of the molecule is CC/C=C\C/C=C\C/C=C\C/C=C\C/C=C\C/C=C\C/C=C\C/C=C\CCCCCCCCCCCCCCCCC(=O)OC(COC(=O)CCCCCCCCCCCCCCCCCCCCCCCCCCCCCCCCCCCCC)COP(=O)(O)OCC[N+](C)(C)C. The van der Waals surface area contributed by atoms with Crippen LogP contribution in [0.3, 0.4) is 0 Å². The van der Waals surface area contributed by atoms with E-state index in [1.54, 1.807) is 0 Å². The summed E-state index contributed by atoms with van der Waals surface area (Å²) in [6, 6.07) is 0. The summed E-state index contributed by atoms with van der Waals surface area (Å²) in [6.07, 6.45) is 110. The van der Waals surface area contributed by atoms with Crippen LogP contribution in [-0.4, -0.2) is 74.9 Å². The molecule has 0 fully saturated rings. The Kier molecular flexibility index (Phi) is 75.6. The summed E-state index contributed by atoms with van der Waals surface area (Å²) in [7, 11) is 1.49. The van der Waals surface area contributed by atoms with Crippen LogP contribution in [0.15, 0.2) is 97.2 Å². The van der Waals surface area contributed by atoms with E-state index in [0.29, 0.717) is 23.9 Å². The zero-order valence-corrected chi connectivity index (χ0v) is 66.2. The highest BCUT2D eigenvalue weighted by Gasteiger charge is 2.27. The zero-order valence-electron chi connectivity index (χ0n) is 65.3. The van der Waals surface area contributed by atoms with Crippen LogP contribution in [-0.2, 0) is 32.7 Å². The molecule has 0 rings (SSSR count). The second-order valence-electron chi connectivity index (χ2n) is 29.5. The number of rotatable bonds is 78. The minimum atomic E-state index is -4.40. The van der Waals surface area contributed by atoms with Crippen LogP contribution in [0.5, 0.6) is 0 Å². The average Bonchev–Trinajstić information content (AvgIpc) is 1.23. The maximum atomic E-state index is 12.9. The third kappa shape index (κ3) is 81.9. The van der Waals surface area contributed by atoms with E-state index in [1.807, 2.05) is 21.1 Å². The lowest BCUT2D eigenvalue weighted by Crippen LogP contribution is -2.37. The summed E-state index contributed by atoms with van der Waals surface area (Å²) >= 11 is 0. The number of ether oxygens (including phenoxy) is 2. The lowest BCUT2D eigenvalue weighted by atomic mass is 10.0. The largest absolute Gasteiger partial charge is 0.472 e. The summed E-state index contributed by atoms with van der Waals surface area (Å²) in [5, 5.41) is 0. The number of nitrogens with zero attached hydrogens (tertiary/aromatic N) is 1. The molecule has 2 atom stereocenters. The highest BCUT2D eigenvalue weighted by Crippen LogP contribution is 2.43. The molecule has 0 heterocycles. The number of phosphoric ester groups is 1. The van der Waals surface area contributed by atoms with Gasteiger partial charge in [0.2, 0.25) is 0 Å². The van der Waals surface area contributed by atoms with Crippen molar-refractivity contribution in [1.29, 1.82) is 0 Å².